The Bertz CT molecular complexity index is 968. The molecule has 0 saturated carbocycles. The zero-order valence-corrected chi connectivity index (χ0v) is 19.3. The second-order valence-electron chi connectivity index (χ2n) is 7.54. The van der Waals surface area contributed by atoms with Gasteiger partial charge in [-0.05, 0) is 50.5 Å². The van der Waals surface area contributed by atoms with Gasteiger partial charge >= 0.3 is 0 Å². The summed E-state index contributed by atoms with van der Waals surface area (Å²) in [5.74, 6) is -0.0240. The van der Waals surface area contributed by atoms with Crippen LogP contribution >= 0.6 is 23.2 Å². The predicted molar refractivity (Wildman–Crippen MR) is 120 cm³/mol. The number of amides is 1. The van der Waals surface area contributed by atoms with Crippen molar-refractivity contribution in [3.05, 3.63) is 63.6 Å². The monoisotopic (exact) mass is 468 g/mol. The summed E-state index contributed by atoms with van der Waals surface area (Å²) in [4.78, 5) is 14.7. The van der Waals surface area contributed by atoms with Crippen LogP contribution in [0.5, 0.6) is 0 Å². The van der Waals surface area contributed by atoms with E-state index in [0.717, 1.165) is 37.9 Å². The molecule has 0 bridgehead atoms. The second kappa shape index (κ2) is 10.1. The molecule has 2 aromatic rings. The van der Waals surface area contributed by atoms with E-state index in [9.17, 15) is 13.2 Å². The lowest BCUT2D eigenvalue weighted by Gasteiger charge is -2.28. The van der Waals surface area contributed by atoms with Crippen molar-refractivity contribution >= 4 is 39.1 Å². The van der Waals surface area contributed by atoms with E-state index >= 15 is 0 Å². The summed E-state index contributed by atoms with van der Waals surface area (Å²) < 4.78 is 28.0. The van der Waals surface area contributed by atoms with Crippen molar-refractivity contribution in [1.29, 1.82) is 0 Å². The highest BCUT2D eigenvalue weighted by Gasteiger charge is 2.28. The van der Waals surface area contributed by atoms with Gasteiger partial charge in [-0.25, -0.2) is 8.42 Å². The van der Waals surface area contributed by atoms with Crippen molar-refractivity contribution in [2.24, 2.45) is 0 Å². The maximum atomic E-state index is 13.4. The lowest BCUT2D eigenvalue weighted by Crippen LogP contribution is -2.39. The molecule has 3 rings (SSSR count). The van der Waals surface area contributed by atoms with Gasteiger partial charge in [0, 0.05) is 48.2 Å². The van der Waals surface area contributed by atoms with Crippen LogP contribution in [0.3, 0.4) is 0 Å². The first-order valence-electron chi connectivity index (χ1n) is 10.1. The number of nitrogens with zero attached hydrogens (tertiary/aromatic N) is 2. The van der Waals surface area contributed by atoms with E-state index < -0.39 is 10.0 Å². The Morgan fingerprint density at radius 3 is 2.20 bits per heavy atom. The zero-order valence-electron chi connectivity index (χ0n) is 17.0. The number of aryl methyl sites for hydroxylation is 1. The number of rotatable bonds is 7. The lowest BCUT2D eigenvalue weighted by molar-refractivity contribution is -0.132. The molecular weight excluding hydrogens is 443 g/mol. The number of hydrogen-bond acceptors (Lipinski definition) is 3. The smallest absolute Gasteiger partial charge is 0.243 e. The number of carbonyl (C=O) groups is 1. The third-order valence-corrected chi connectivity index (χ3v) is 7.91. The number of carbonyl (C=O) groups excluding carboxylic acids is 1. The molecular formula is C22H26Cl2N2O3S. The molecule has 0 N–H and O–H groups in total. The molecule has 1 aliphatic heterocycles. The zero-order chi connectivity index (χ0) is 21.7. The van der Waals surface area contributed by atoms with Gasteiger partial charge in [0.15, 0.2) is 0 Å². The lowest BCUT2D eigenvalue weighted by atomic mass is 10.1. The van der Waals surface area contributed by atoms with E-state index in [-0.39, 0.29) is 30.3 Å². The molecule has 5 nitrogen and oxygen atoms in total. The van der Waals surface area contributed by atoms with Crippen LogP contribution in [0.4, 0.5) is 0 Å². The topological polar surface area (TPSA) is 57.7 Å². The van der Waals surface area contributed by atoms with Crippen LogP contribution in [0.1, 0.15) is 36.8 Å². The third kappa shape index (κ3) is 5.55. The van der Waals surface area contributed by atoms with Gasteiger partial charge in [0.2, 0.25) is 15.9 Å². The Labute approximate surface area is 188 Å². The van der Waals surface area contributed by atoms with Gasteiger partial charge in [-0.3, -0.25) is 4.79 Å². The van der Waals surface area contributed by atoms with Crippen LogP contribution in [0, 0.1) is 6.92 Å². The first-order valence-corrected chi connectivity index (χ1v) is 12.3. The Hall–Kier alpha value is -1.60. The number of benzene rings is 2. The molecule has 8 heteroatoms. The van der Waals surface area contributed by atoms with Crippen molar-refractivity contribution in [3.63, 3.8) is 0 Å². The van der Waals surface area contributed by atoms with Gasteiger partial charge in [-0.2, -0.15) is 4.31 Å². The molecule has 30 heavy (non-hydrogen) atoms. The minimum absolute atomic E-state index is 0.00198. The molecule has 1 fully saturated rings. The van der Waals surface area contributed by atoms with E-state index in [1.807, 2.05) is 11.8 Å². The Morgan fingerprint density at radius 2 is 1.60 bits per heavy atom. The van der Waals surface area contributed by atoms with Crippen LogP contribution in [-0.2, 0) is 21.4 Å². The molecule has 0 radical (unpaired) electrons. The molecule has 0 unspecified atom stereocenters. The molecule has 0 spiro atoms. The number of halogens is 2. The molecule has 0 aliphatic carbocycles. The van der Waals surface area contributed by atoms with Crippen LogP contribution in [-0.4, -0.2) is 43.2 Å². The number of hydrogen-bond donors (Lipinski definition) is 0. The van der Waals surface area contributed by atoms with Crippen LogP contribution in [0.15, 0.2) is 47.4 Å². The predicted octanol–water partition coefficient (Wildman–Crippen LogP) is 4.90. The molecule has 162 valence electrons. The number of piperidine rings is 1. The van der Waals surface area contributed by atoms with E-state index in [2.05, 4.69) is 0 Å². The summed E-state index contributed by atoms with van der Waals surface area (Å²) in [5.41, 5.74) is 1.50. The van der Waals surface area contributed by atoms with E-state index in [0.29, 0.717) is 15.6 Å². The molecule has 2 aromatic carbocycles. The van der Waals surface area contributed by atoms with Crippen molar-refractivity contribution < 1.29 is 13.2 Å². The van der Waals surface area contributed by atoms with Gasteiger partial charge in [0.1, 0.15) is 0 Å². The van der Waals surface area contributed by atoms with Crippen molar-refractivity contribution in [2.45, 2.75) is 44.0 Å². The molecule has 1 saturated heterocycles. The number of likely N-dealkylation sites (tertiary alicyclic amines) is 1. The largest absolute Gasteiger partial charge is 0.343 e. The molecule has 0 atom stereocenters. The highest BCUT2D eigenvalue weighted by Crippen LogP contribution is 2.28. The minimum atomic E-state index is -3.83. The maximum absolute atomic E-state index is 13.4. The summed E-state index contributed by atoms with van der Waals surface area (Å²) >= 11 is 12.6. The Kier molecular flexibility index (Phi) is 7.80. The van der Waals surface area contributed by atoms with Crippen molar-refractivity contribution in [3.8, 4) is 0 Å². The van der Waals surface area contributed by atoms with E-state index in [1.54, 1.807) is 42.5 Å². The van der Waals surface area contributed by atoms with Crippen LogP contribution < -0.4 is 0 Å². The van der Waals surface area contributed by atoms with Gasteiger partial charge in [0.25, 0.3) is 0 Å². The maximum Gasteiger partial charge on any atom is 0.243 e. The molecule has 0 aromatic heterocycles. The van der Waals surface area contributed by atoms with Gasteiger partial charge in [0.05, 0.1) is 4.90 Å². The summed E-state index contributed by atoms with van der Waals surface area (Å²) in [6.07, 6.45) is 3.23. The SMILES string of the molecule is Cc1ccc(S(=O)(=O)N(CCC(=O)N2CCCCC2)Cc2c(Cl)cccc2Cl)cc1. The summed E-state index contributed by atoms with van der Waals surface area (Å²) in [5, 5.41) is 0.794. The van der Waals surface area contributed by atoms with E-state index in [1.165, 1.54) is 4.31 Å². The first kappa shape index (κ1) is 23.1. The average Bonchev–Trinajstić information content (AvgIpc) is 2.73. The summed E-state index contributed by atoms with van der Waals surface area (Å²) in [6, 6.07) is 11.7. The van der Waals surface area contributed by atoms with Crippen LogP contribution in [0.2, 0.25) is 10.0 Å². The van der Waals surface area contributed by atoms with Crippen molar-refractivity contribution in [1.82, 2.24) is 9.21 Å². The first-order chi connectivity index (χ1) is 14.3. The van der Waals surface area contributed by atoms with Gasteiger partial charge in [-0.1, -0.05) is 47.0 Å². The normalized spacial score (nSPS) is 14.9. The Morgan fingerprint density at radius 1 is 1.00 bits per heavy atom. The van der Waals surface area contributed by atoms with Gasteiger partial charge in [-0.15, -0.1) is 0 Å². The second-order valence-corrected chi connectivity index (χ2v) is 10.3. The standard InChI is InChI=1S/C22H26Cl2N2O3S/c1-17-8-10-18(11-9-17)30(28,29)26(16-19-20(23)6-5-7-21(19)24)15-12-22(27)25-13-3-2-4-14-25/h5-11H,2-4,12-16H2,1H3. The molecule has 1 amide bonds. The fraction of sp³-hybridized carbons (Fsp3) is 0.409. The summed E-state index contributed by atoms with van der Waals surface area (Å²) in [6.45, 7) is 3.43. The molecule has 1 aliphatic rings. The Balaban J connectivity index is 1.86. The van der Waals surface area contributed by atoms with Crippen molar-refractivity contribution in [2.75, 3.05) is 19.6 Å². The minimum Gasteiger partial charge on any atom is -0.343 e. The fourth-order valence-electron chi connectivity index (χ4n) is 3.53. The summed E-state index contributed by atoms with van der Waals surface area (Å²) in [7, 11) is -3.83. The third-order valence-electron chi connectivity index (χ3n) is 5.34. The quantitative estimate of drug-likeness (QED) is 0.580. The molecule has 1 heterocycles. The fourth-order valence-corrected chi connectivity index (χ4v) is 5.45. The van der Waals surface area contributed by atoms with E-state index in [4.69, 9.17) is 23.2 Å². The average molecular weight is 469 g/mol. The van der Waals surface area contributed by atoms with Gasteiger partial charge < -0.3 is 4.90 Å². The highest BCUT2D eigenvalue weighted by atomic mass is 35.5. The van der Waals surface area contributed by atoms with Crippen LogP contribution in [0.25, 0.3) is 0 Å². The number of sulfonamides is 1. The highest BCUT2D eigenvalue weighted by molar-refractivity contribution is 7.89.